The number of halogens is 1. The SMILES string of the molecule is Cc1nc(COc2ccc(C(=O)O)cc2Cl)oc1C. The fourth-order valence-corrected chi connectivity index (χ4v) is 1.73. The number of nitrogens with zero attached hydrogens (tertiary/aromatic N) is 1. The summed E-state index contributed by atoms with van der Waals surface area (Å²) in [5.41, 5.74) is 0.922. The second-order valence-corrected chi connectivity index (χ2v) is 4.40. The van der Waals surface area contributed by atoms with E-state index in [2.05, 4.69) is 4.98 Å². The highest BCUT2D eigenvalue weighted by atomic mass is 35.5. The highest BCUT2D eigenvalue weighted by Gasteiger charge is 2.10. The van der Waals surface area contributed by atoms with E-state index in [1.165, 1.54) is 18.2 Å². The van der Waals surface area contributed by atoms with Crippen molar-refractivity contribution in [3.05, 3.63) is 46.1 Å². The molecule has 0 aliphatic heterocycles. The van der Waals surface area contributed by atoms with E-state index in [4.69, 9.17) is 25.9 Å². The molecule has 2 rings (SSSR count). The normalized spacial score (nSPS) is 10.5. The summed E-state index contributed by atoms with van der Waals surface area (Å²) < 4.78 is 10.8. The van der Waals surface area contributed by atoms with Crippen LogP contribution < -0.4 is 4.74 Å². The van der Waals surface area contributed by atoms with E-state index < -0.39 is 5.97 Å². The van der Waals surface area contributed by atoms with Crippen molar-refractivity contribution >= 4 is 17.6 Å². The van der Waals surface area contributed by atoms with Crippen LogP contribution in [0, 0.1) is 13.8 Å². The standard InChI is InChI=1S/C13H12ClNO4/c1-7-8(2)19-12(15-7)6-18-11-4-3-9(13(16)17)5-10(11)14/h3-5H,6H2,1-2H3,(H,16,17). The van der Waals surface area contributed by atoms with Crippen molar-refractivity contribution in [2.45, 2.75) is 20.5 Å². The number of carbonyl (C=O) groups is 1. The summed E-state index contributed by atoms with van der Waals surface area (Å²) in [6.07, 6.45) is 0. The van der Waals surface area contributed by atoms with Crippen molar-refractivity contribution in [1.82, 2.24) is 4.98 Å². The van der Waals surface area contributed by atoms with Gasteiger partial charge in [0.2, 0.25) is 5.89 Å². The molecule has 0 spiro atoms. The Kier molecular flexibility index (Phi) is 3.76. The molecule has 0 saturated heterocycles. The first-order valence-corrected chi connectivity index (χ1v) is 5.93. The van der Waals surface area contributed by atoms with Crippen LogP contribution >= 0.6 is 11.6 Å². The summed E-state index contributed by atoms with van der Waals surface area (Å²) in [5, 5.41) is 9.05. The van der Waals surface area contributed by atoms with Gasteiger partial charge in [-0.15, -0.1) is 0 Å². The molecule has 0 fully saturated rings. The van der Waals surface area contributed by atoms with Crippen molar-refractivity contribution in [2.75, 3.05) is 0 Å². The number of aromatic carboxylic acids is 1. The number of benzene rings is 1. The topological polar surface area (TPSA) is 72.6 Å². The van der Waals surface area contributed by atoms with Crippen LogP contribution in [0.1, 0.15) is 27.7 Å². The van der Waals surface area contributed by atoms with Gasteiger partial charge in [0.05, 0.1) is 16.3 Å². The minimum Gasteiger partial charge on any atom is -0.482 e. The second kappa shape index (κ2) is 5.32. The van der Waals surface area contributed by atoms with Crippen molar-refractivity contribution in [3.8, 4) is 5.75 Å². The van der Waals surface area contributed by atoms with Crippen molar-refractivity contribution in [1.29, 1.82) is 0 Å². The lowest BCUT2D eigenvalue weighted by atomic mass is 10.2. The van der Waals surface area contributed by atoms with Crippen molar-refractivity contribution < 1.29 is 19.1 Å². The third-order valence-corrected chi connectivity index (χ3v) is 2.90. The number of carboxylic acid groups (broad SMARTS) is 1. The average molecular weight is 282 g/mol. The molecule has 1 N–H and O–H groups in total. The number of rotatable bonds is 4. The van der Waals surface area contributed by atoms with Crippen LogP contribution in [0.15, 0.2) is 22.6 Å². The molecule has 0 bridgehead atoms. The minimum atomic E-state index is -1.03. The molecule has 0 aliphatic rings. The molecule has 5 nitrogen and oxygen atoms in total. The van der Waals surface area contributed by atoms with Gasteiger partial charge >= 0.3 is 5.97 Å². The van der Waals surface area contributed by atoms with Gasteiger partial charge < -0.3 is 14.3 Å². The maximum atomic E-state index is 10.8. The van der Waals surface area contributed by atoms with Crippen LogP contribution in [0.4, 0.5) is 0 Å². The predicted octanol–water partition coefficient (Wildman–Crippen LogP) is 3.22. The molecule has 19 heavy (non-hydrogen) atoms. The summed E-state index contributed by atoms with van der Waals surface area (Å²) in [6, 6.07) is 4.27. The summed E-state index contributed by atoms with van der Waals surface area (Å²) in [4.78, 5) is 14.9. The second-order valence-electron chi connectivity index (χ2n) is 3.99. The monoisotopic (exact) mass is 281 g/mol. The molecule has 0 radical (unpaired) electrons. The number of oxazole rings is 1. The van der Waals surface area contributed by atoms with E-state index in [1.54, 1.807) is 0 Å². The molecule has 0 saturated carbocycles. The quantitative estimate of drug-likeness (QED) is 0.931. The van der Waals surface area contributed by atoms with Gasteiger partial charge in [-0.2, -0.15) is 0 Å². The predicted molar refractivity (Wildman–Crippen MR) is 68.7 cm³/mol. The van der Waals surface area contributed by atoms with Gasteiger partial charge in [0.15, 0.2) is 6.61 Å². The van der Waals surface area contributed by atoms with Crippen LogP contribution in [0.5, 0.6) is 5.75 Å². The largest absolute Gasteiger partial charge is 0.482 e. The Balaban J connectivity index is 2.09. The number of hydrogen-bond donors (Lipinski definition) is 1. The molecule has 1 aromatic carbocycles. The van der Waals surface area contributed by atoms with E-state index in [1.807, 2.05) is 13.8 Å². The third-order valence-electron chi connectivity index (χ3n) is 2.60. The Morgan fingerprint density at radius 3 is 2.74 bits per heavy atom. The third kappa shape index (κ3) is 3.06. The Morgan fingerprint density at radius 1 is 1.47 bits per heavy atom. The minimum absolute atomic E-state index is 0.111. The van der Waals surface area contributed by atoms with Gasteiger partial charge in [0, 0.05) is 0 Å². The van der Waals surface area contributed by atoms with E-state index in [-0.39, 0.29) is 17.2 Å². The smallest absolute Gasteiger partial charge is 0.335 e. The summed E-state index contributed by atoms with van der Waals surface area (Å²) in [6.45, 7) is 3.80. The van der Waals surface area contributed by atoms with Gasteiger partial charge in [-0.1, -0.05) is 11.6 Å². The lowest BCUT2D eigenvalue weighted by Crippen LogP contribution is -1.99. The zero-order chi connectivity index (χ0) is 14.0. The molecule has 0 amide bonds. The van der Waals surface area contributed by atoms with Gasteiger partial charge in [0.25, 0.3) is 0 Å². The van der Waals surface area contributed by atoms with Gasteiger partial charge in [-0.05, 0) is 32.0 Å². The molecule has 0 aliphatic carbocycles. The number of aromatic nitrogens is 1. The molecule has 1 aromatic heterocycles. The van der Waals surface area contributed by atoms with Gasteiger partial charge in [-0.25, -0.2) is 9.78 Å². The Hall–Kier alpha value is -2.01. The zero-order valence-electron chi connectivity index (χ0n) is 10.4. The Labute approximate surface area is 114 Å². The first-order chi connectivity index (χ1) is 8.97. The average Bonchev–Trinajstić information content (AvgIpc) is 2.67. The Morgan fingerprint density at radius 2 is 2.21 bits per heavy atom. The molecule has 0 atom stereocenters. The number of hydrogen-bond acceptors (Lipinski definition) is 4. The van der Waals surface area contributed by atoms with Crippen molar-refractivity contribution in [3.63, 3.8) is 0 Å². The van der Waals surface area contributed by atoms with Crippen LogP contribution in [-0.4, -0.2) is 16.1 Å². The molecule has 100 valence electrons. The summed E-state index contributed by atoms with van der Waals surface area (Å²) in [7, 11) is 0. The number of ether oxygens (including phenoxy) is 1. The lowest BCUT2D eigenvalue weighted by molar-refractivity contribution is 0.0697. The zero-order valence-corrected chi connectivity index (χ0v) is 11.2. The number of aryl methyl sites for hydroxylation is 2. The first-order valence-electron chi connectivity index (χ1n) is 5.56. The maximum absolute atomic E-state index is 10.8. The van der Waals surface area contributed by atoms with Gasteiger partial charge in [-0.3, -0.25) is 0 Å². The van der Waals surface area contributed by atoms with E-state index >= 15 is 0 Å². The van der Waals surface area contributed by atoms with E-state index in [0.29, 0.717) is 11.6 Å². The van der Waals surface area contributed by atoms with E-state index in [0.717, 1.165) is 11.5 Å². The molecule has 2 aromatic rings. The molecule has 0 unspecified atom stereocenters. The van der Waals surface area contributed by atoms with E-state index in [9.17, 15) is 4.79 Å². The van der Waals surface area contributed by atoms with Crippen LogP contribution in [-0.2, 0) is 6.61 Å². The van der Waals surface area contributed by atoms with Gasteiger partial charge in [0.1, 0.15) is 11.5 Å². The summed E-state index contributed by atoms with van der Waals surface area (Å²) in [5.74, 6) is 0.548. The van der Waals surface area contributed by atoms with Crippen LogP contribution in [0.2, 0.25) is 5.02 Å². The van der Waals surface area contributed by atoms with Crippen molar-refractivity contribution in [2.24, 2.45) is 0 Å². The maximum Gasteiger partial charge on any atom is 0.335 e. The van der Waals surface area contributed by atoms with Crippen LogP contribution in [0.25, 0.3) is 0 Å². The molecule has 6 heteroatoms. The Bertz CT molecular complexity index is 602. The first kappa shape index (κ1) is 13.4. The fourth-order valence-electron chi connectivity index (χ4n) is 1.49. The highest BCUT2D eigenvalue weighted by Crippen LogP contribution is 2.26. The fraction of sp³-hybridized carbons (Fsp3) is 0.231. The molecular formula is C13H12ClNO4. The highest BCUT2D eigenvalue weighted by molar-refractivity contribution is 6.32. The molecule has 1 heterocycles. The number of carboxylic acids is 1. The van der Waals surface area contributed by atoms with Crippen LogP contribution in [0.3, 0.4) is 0 Å². The summed E-state index contributed by atoms with van der Waals surface area (Å²) >= 11 is 5.94. The molecular weight excluding hydrogens is 270 g/mol. The lowest BCUT2D eigenvalue weighted by Gasteiger charge is -2.06.